The molecule has 3 fully saturated rings. The number of piperidine rings is 1. The van der Waals surface area contributed by atoms with E-state index in [0.717, 1.165) is 10.3 Å². The Morgan fingerprint density at radius 1 is 1.07 bits per heavy atom. The maximum absolute atomic E-state index is 13.2. The molecule has 0 bridgehead atoms. The number of urea groups is 1. The Kier molecular flexibility index (Phi) is 8.47. The molecule has 0 atom stereocenters. The summed E-state index contributed by atoms with van der Waals surface area (Å²) in [7, 11) is -3.81. The molecular formula is C30H38F3N5O5S. The number of nitrogens with zero attached hydrogens (tertiary/aromatic N) is 3. The van der Waals surface area contributed by atoms with Crippen molar-refractivity contribution in [2.24, 2.45) is 16.8 Å². The molecule has 3 heterocycles. The molecule has 0 aromatic heterocycles. The monoisotopic (exact) mass is 637 g/mol. The molecule has 14 heteroatoms. The Hall–Kier alpha value is -3.26. The van der Waals surface area contributed by atoms with E-state index >= 15 is 0 Å². The first-order valence-electron chi connectivity index (χ1n) is 14.9. The van der Waals surface area contributed by atoms with Crippen LogP contribution in [0.4, 0.5) is 23.7 Å². The smallest absolute Gasteiger partial charge is 0.323 e. The highest BCUT2D eigenvalue weighted by atomic mass is 32.2. The maximum Gasteiger partial charge on any atom is 0.389 e. The van der Waals surface area contributed by atoms with Crippen molar-refractivity contribution >= 4 is 45.5 Å². The zero-order chi connectivity index (χ0) is 32.1. The number of aliphatic imine (C=N–C) groups is 1. The van der Waals surface area contributed by atoms with Crippen LogP contribution in [0.5, 0.6) is 0 Å². The summed E-state index contributed by atoms with van der Waals surface area (Å²) in [6.07, 6.45) is -0.213. The fourth-order valence-corrected chi connectivity index (χ4v) is 7.67. The van der Waals surface area contributed by atoms with E-state index in [2.05, 4.69) is 10.6 Å². The molecule has 1 aliphatic carbocycles. The molecule has 2 N–H and O–H groups in total. The third-order valence-electron chi connectivity index (χ3n) is 9.27. The van der Waals surface area contributed by atoms with Crippen molar-refractivity contribution in [3.63, 3.8) is 0 Å². The first-order valence-corrected chi connectivity index (χ1v) is 16.4. The van der Waals surface area contributed by atoms with Crippen molar-refractivity contribution in [1.82, 2.24) is 14.9 Å². The minimum atomic E-state index is -4.15. The third kappa shape index (κ3) is 6.56. The number of hydrogen-bond acceptors (Lipinski definition) is 6. The van der Waals surface area contributed by atoms with Crippen LogP contribution in [0.2, 0.25) is 0 Å². The Bertz CT molecular complexity index is 1500. The van der Waals surface area contributed by atoms with Gasteiger partial charge in [-0.2, -0.15) is 17.5 Å². The fraction of sp³-hybridized carbons (Fsp3) is 0.600. The summed E-state index contributed by atoms with van der Waals surface area (Å²) in [5.41, 5.74) is -0.372. The van der Waals surface area contributed by atoms with Gasteiger partial charge in [-0.15, -0.1) is 0 Å². The van der Waals surface area contributed by atoms with Crippen molar-refractivity contribution in [2.75, 3.05) is 18.0 Å². The summed E-state index contributed by atoms with van der Waals surface area (Å²) < 4.78 is 65.4. The minimum Gasteiger partial charge on any atom is -0.323 e. The van der Waals surface area contributed by atoms with Crippen LogP contribution >= 0.6 is 0 Å². The second-order valence-electron chi connectivity index (χ2n) is 12.8. The van der Waals surface area contributed by atoms with Crippen LogP contribution in [0, 0.1) is 18.8 Å². The van der Waals surface area contributed by atoms with Crippen LogP contribution in [0.15, 0.2) is 28.6 Å². The number of halogens is 3. The molecule has 0 radical (unpaired) electrons. The molecule has 1 saturated carbocycles. The lowest BCUT2D eigenvalue weighted by atomic mass is 9.79. The van der Waals surface area contributed by atoms with Crippen LogP contribution in [-0.2, 0) is 19.6 Å². The third-order valence-corrected chi connectivity index (χ3v) is 10.8. The van der Waals surface area contributed by atoms with Crippen LogP contribution in [-0.4, -0.2) is 66.7 Å². The number of sulfonamides is 1. The molecule has 240 valence electrons. The van der Waals surface area contributed by atoms with Crippen molar-refractivity contribution in [1.29, 1.82) is 0 Å². The highest BCUT2D eigenvalue weighted by molar-refractivity contribution is 7.92. The molecule has 3 aliphatic heterocycles. The second kappa shape index (κ2) is 11.6. The normalized spacial score (nSPS) is 25.9. The van der Waals surface area contributed by atoms with Crippen LogP contribution in [0.3, 0.4) is 0 Å². The SMILES string of the molecule is Cc1cc(N2C(=O)NC(C)(C)C2=O)ccc1/C=C/S(=O)(=O)N1CCC2(CC1)N=C(C1CCC(CCC(F)(F)F)CC1)NC2=O. The van der Waals surface area contributed by atoms with E-state index in [1.807, 2.05) is 0 Å². The molecule has 4 aliphatic rings. The molecule has 1 aromatic rings. The Morgan fingerprint density at radius 2 is 1.73 bits per heavy atom. The molecule has 44 heavy (non-hydrogen) atoms. The van der Waals surface area contributed by atoms with Gasteiger partial charge in [-0.05, 0) is 101 Å². The number of anilines is 1. The topological polar surface area (TPSA) is 128 Å². The number of aryl methyl sites for hydroxylation is 1. The average Bonchev–Trinajstić information content (AvgIpc) is 3.37. The number of amidine groups is 1. The Balaban J connectivity index is 1.18. The standard InChI is InChI=1S/C30H38F3N5O5S/c1-19-18-23(38-26(40)28(2,3)36-27(38)41)9-8-21(19)11-17-44(42,43)37-15-13-29(14-16-37)25(39)34-24(35-29)22-6-4-20(5-7-22)10-12-30(31,32)33/h8-9,11,17-18,20,22H,4-7,10,12-16H2,1-3H3,(H,36,41)(H,34,35,39)/b17-11+. The van der Waals surface area contributed by atoms with E-state index in [9.17, 15) is 36.0 Å². The fourth-order valence-electron chi connectivity index (χ4n) is 6.49. The number of amides is 4. The van der Waals surface area contributed by atoms with Gasteiger partial charge in [0, 0.05) is 30.8 Å². The van der Waals surface area contributed by atoms with Gasteiger partial charge < -0.3 is 10.6 Å². The maximum atomic E-state index is 13.2. The lowest BCUT2D eigenvalue weighted by Gasteiger charge is -2.34. The summed E-state index contributed by atoms with van der Waals surface area (Å²) in [6.45, 7) is 5.22. The summed E-state index contributed by atoms with van der Waals surface area (Å²) in [4.78, 5) is 43.8. The highest BCUT2D eigenvalue weighted by Gasteiger charge is 2.48. The van der Waals surface area contributed by atoms with E-state index in [-0.39, 0.29) is 56.0 Å². The zero-order valence-corrected chi connectivity index (χ0v) is 25.9. The lowest BCUT2D eigenvalue weighted by Crippen LogP contribution is -2.50. The summed E-state index contributed by atoms with van der Waals surface area (Å²) in [5.74, 6) is -0.0369. The molecule has 4 amide bonds. The summed E-state index contributed by atoms with van der Waals surface area (Å²) in [6, 6.07) is 4.37. The number of benzene rings is 1. The van der Waals surface area contributed by atoms with E-state index in [1.54, 1.807) is 39.0 Å². The number of carbonyl (C=O) groups excluding carboxylic acids is 3. The quantitative estimate of drug-likeness (QED) is 0.421. The number of nitrogens with one attached hydrogen (secondary N) is 2. The minimum absolute atomic E-state index is 0.00996. The number of hydrogen-bond donors (Lipinski definition) is 2. The van der Waals surface area contributed by atoms with Gasteiger partial charge in [-0.25, -0.2) is 18.1 Å². The highest BCUT2D eigenvalue weighted by Crippen LogP contribution is 2.38. The van der Waals surface area contributed by atoms with E-state index in [0.29, 0.717) is 48.3 Å². The lowest BCUT2D eigenvalue weighted by molar-refractivity contribution is -0.138. The van der Waals surface area contributed by atoms with E-state index < -0.39 is 39.7 Å². The number of rotatable bonds is 7. The Morgan fingerprint density at radius 3 is 2.30 bits per heavy atom. The first kappa shape index (κ1) is 32.1. The second-order valence-corrected chi connectivity index (χ2v) is 14.7. The van der Waals surface area contributed by atoms with Crippen molar-refractivity contribution in [3.05, 3.63) is 34.7 Å². The van der Waals surface area contributed by atoms with Crippen molar-refractivity contribution in [2.45, 2.75) is 89.4 Å². The zero-order valence-electron chi connectivity index (χ0n) is 25.0. The molecule has 1 spiro atoms. The van der Waals surface area contributed by atoms with Gasteiger partial charge in [-0.1, -0.05) is 6.07 Å². The Labute approximate surface area is 255 Å². The summed E-state index contributed by atoms with van der Waals surface area (Å²) in [5, 5.41) is 6.64. The molecular weight excluding hydrogens is 599 g/mol. The molecule has 10 nitrogen and oxygen atoms in total. The van der Waals surface area contributed by atoms with Gasteiger partial charge in [0.1, 0.15) is 16.9 Å². The van der Waals surface area contributed by atoms with Gasteiger partial charge >= 0.3 is 12.2 Å². The van der Waals surface area contributed by atoms with E-state index in [4.69, 9.17) is 4.99 Å². The van der Waals surface area contributed by atoms with Gasteiger partial charge in [0.15, 0.2) is 0 Å². The van der Waals surface area contributed by atoms with E-state index in [1.165, 1.54) is 10.4 Å². The van der Waals surface area contributed by atoms with Crippen molar-refractivity contribution in [3.8, 4) is 0 Å². The molecule has 0 unspecified atom stereocenters. The van der Waals surface area contributed by atoms with Gasteiger partial charge in [0.25, 0.3) is 11.8 Å². The number of carbonyl (C=O) groups is 3. The largest absolute Gasteiger partial charge is 0.389 e. The molecule has 1 aromatic carbocycles. The molecule has 5 rings (SSSR count). The van der Waals surface area contributed by atoms with Gasteiger partial charge in [0.2, 0.25) is 10.0 Å². The van der Waals surface area contributed by atoms with Crippen molar-refractivity contribution < 1.29 is 36.0 Å². The number of alkyl halides is 3. The molecule has 2 saturated heterocycles. The first-order chi connectivity index (χ1) is 20.5. The van der Waals surface area contributed by atoms with Crippen LogP contribution < -0.4 is 15.5 Å². The predicted octanol–water partition coefficient (Wildman–Crippen LogP) is 4.64. The number of imide groups is 1. The van der Waals surface area contributed by atoms with Crippen LogP contribution in [0.1, 0.15) is 76.3 Å². The van der Waals surface area contributed by atoms with Gasteiger partial charge in [0.05, 0.1) is 5.69 Å². The van der Waals surface area contributed by atoms with Gasteiger partial charge in [-0.3, -0.25) is 14.6 Å². The summed E-state index contributed by atoms with van der Waals surface area (Å²) >= 11 is 0. The average molecular weight is 638 g/mol. The predicted molar refractivity (Wildman–Crippen MR) is 159 cm³/mol. The van der Waals surface area contributed by atoms with Crippen LogP contribution in [0.25, 0.3) is 6.08 Å².